The van der Waals surface area contributed by atoms with Gasteiger partial charge in [0.1, 0.15) is 12.4 Å². The van der Waals surface area contributed by atoms with Crippen LogP contribution < -0.4 is 10.5 Å². The molecule has 0 aliphatic heterocycles. The van der Waals surface area contributed by atoms with Gasteiger partial charge in [0.05, 0.1) is 13.2 Å². The Bertz CT molecular complexity index is 378. The second-order valence-electron chi connectivity index (χ2n) is 5.42. The molecule has 0 aromatic heterocycles. The highest BCUT2D eigenvalue weighted by atomic mass is 16.5. The van der Waals surface area contributed by atoms with E-state index in [1.54, 1.807) is 0 Å². The van der Waals surface area contributed by atoms with Crippen LogP contribution in [0.2, 0.25) is 0 Å². The van der Waals surface area contributed by atoms with Crippen molar-refractivity contribution >= 4 is 0 Å². The summed E-state index contributed by atoms with van der Waals surface area (Å²) in [4.78, 5) is 2.15. The van der Waals surface area contributed by atoms with E-state index >= 15 is 0 Å². The van der Waals surface area contributed by atoms with E-state index in [4.69, 9.17) is 15.2 Å². The number of rotatable bonds is 8. The Labute approximate surface area is 116 Å². The molecule has 0 fully saturated rings. The molecule has 1 aromatic carbocycles. The molecule has 4 heteroatoms. The van der Waals surface area contributed by atoms with Crippen molar-refractivity contribution in [1.82, 2.24) is 4.90 Å². The van der Waals surface area contributed by atoms with Crippen molar-refractivity contribution in [2.24, 2.45) is 5.73 Å². The van der Waals surface area contributed by atoms with Crippen LogP contribution in [-0.4, -0.2) is 44.4 Å². The van der Waals surface area contributed by atoms with E-state index in [1.165, 1.54) is 0 Å². The number of hydrogen-bond acceptors (Lipinski definition) is 4. The Morgan fingerprint density at radius 1 is 1.16 bits per heavy atom. The quantitative estimate of drug-likeness (QED) is 0.730. The van der Waals surface area contributed by atoms with Crippen molar-refractivity contribution in [3.8, 4) is 5.75 Å². The van der Waals surface area contributed by atoms with Gasteiger partial charge in [0.15, 0.2) is 0 Å². The number of para-hydroxylation sites is 1. The minimum atomic E-state index is 0.0369. The van der Waals surface area contributed by atoms with Gasteiger partial charge in [-0.15, -0.1) is 0 Å². The monoisotopic (exact) mass is 266 g/mol. The predicted octanol–water partition coefficient (Wildman–Crippen LogP) is 1.88. The first-order valence-electron chi connectivity index (χ1n) is 6.63. The average Bonchev–Trinajstić information content (AvgIpc) is 2.38. The molecule has 0 atom stereocenters. The van der Waals surface area contributed by atoms with Gasteiger partial charge in [0.2, 0.25) is 0 Å². The molecular formula is C15H26N2O2. The molecular weight excluding hydrogens is 240 g/mol. The minimum Gasteiger partial charge on any atom is -0.491 e. The number of ether oxygens (including phenoxy) is 2. The maximum absolute atomic E-state index is 5.68. The summed E-state index contributed by atoms with van der Waals surface area (Å²) in [5, 5.41) is 0. The van der Waals surface area contributed by atoms with Crippen LogP contribution in [0.5, 0.6) is 5.75 Å². The number of likely N-dealkylation sites (N-methyl/N-ethyl adjacent to an activating group) is 1. The lowest BCUT2D eigenvalue weighted by Crippen LogP contribution is -2.42. The van der Waals surface area contributed by atoms with E-state index in [9.17, 15) is 0 Å². The van der Waals surface area contributed by atoms with E-state index in [-0.39, 0.29) is 5.54 Å². The fourth-order valence-corrected chi connectivity index (χ4v) is 1.47. The van der Waals surface area contributed by atoms with Crippen LogP contribution in [0.1, 0.15) is 19.4 Å². The lowest BCUT2D eigenvalue weighted by molar-refractivity contribution is 0.0235. The summed E-state index contributed by atoms with van der Waals surface area (Å²) in [5.41, 5.74) is 6.72. The molecule has 0 bridgehead atoms. The van der Waals surface area contributed by atoms with E-state index in [0.29, 0.717) is 26.4 Å². The number of hydrogen-bond donors (Lipinski definition) is 1. The Morgan fingerprint density at radius 3 is 2.47 bits per heavy atom. The van der Waals surface area contributed by atoms with Crippen molar-refractivity contribution in [3.63, 3.8) is 0 Å². The molecule has 2 N–H and O–H groups in total. The van der Waals surface area contributed by atoms with Crippen molar-refractivity contribution in [1.29, 1.82) is 0 Å². The van der Waals surface area contributed by atoms with Crippen molar-refractivity contribution in [3.05, 3.63) is 29.8 Å². The molecule has 0 spiro atoms. The molecule has 0 heterocycles. The highest BCUT2D eigenvalue weighted by Gasteiger charge is 2.20. The van der Waals surface area contributed by atoms with Gasteiger partial charge in [0.25, 0.3) is 0 Å². The van der Waals surface area contributed by atoms with Gasteiger partial charge >= 0.3 is 0 Å². The summed E-state index contributed by atoms with van der Waals surface area (Å²) >= 11 is 0. The Kier molecular flexibility index (Phi) is 6.28. The van der Waals surface area contributed by atoms with Crippen LogP contribution in [0.25, 0.3) is 0 Å². The number of benzene rings is 1. The third-order valence-electron chi connectivity index (χ3n) is 3.34. The van der Waals surface area contributed by atoms with Crippen molar-refractivity contribution in [2.45, 2.75) is 25.9 Å². The largest absolute Gasteiger partial charge is 0.491 e. The van der Waals surface area contributed by atoms with Gasteiger partial charge < -0.3 is 20.1 Å². The standard InChI is InChI=1S/C15H26N2O2/c1-15(2,17(3)4)12-18-9-10-19-14-8-6-5-7-13(14)11-16/h5-8H,9-12,16H2,1-4H3. The number of nitrogens with zero attached hydrogens (tertiary/aromatic N) is 1. The van der Waals surface area contributed by atoms with Crippen molar-refractivity contribution < 1.29 is 9.47 Å². The predicted molar refractivity (Wildman–Crippen MR) is 78.4 cm³/mol. The van der Waals surface area contributed by atoms with E-state index in [0.717, 1.165) is 11.3 Å². The SMILES string of the molecule is CN(C)C(C)(C)COCCOc1ccccc1CN. The smallest absolute Gasteiger partial charge is 0.123 e. The first kappa shape index (κ1) is 16.0. The van der Waals surface area contributed by atoms with Crippen LogP contribution in [0.15, 0.2) is 24.3 Å². The van der Waals surface area contributed by atoms with Crippen molar-refractivity contribution in [2.75, 3.05) is 33.9 Å². The Morgan fingerprint density at radius 2 is 1.84 bits per heavy atom. The molecule has 108 valence electrons. The van der Waals surface area contributed by atoms with Gasteiger partial charge in [-0.2, -0.15) is 0 Å². The third-order valence-corrected chi connectivity index (χ3v) is 3.34. The third kappa shape index (κ3) is 5.19. The summed E-state index contributed by atoms with van der Waals surface area (Å²) in [6.45, 7) is 6.60. The summed E-state index contributed by atoms with van der Waals surface area (Å²) in [7, 11) is 4.11. The molecule has 4 nitrogen and oxygen atoms in total. The van der Waals surface area contributed by atoms with Crippen LogP contribution in [0.3, 0.4) is 0 Å². The molecule has 19 heavy (non-hydrogen) atoms. The normalized spacial score (nSPS) is 11.9. The van der Waals surface area contributed by atoms with Gasteiger partial charge in [-0.05, 0) is 34.0 Å². The van der Waals surface area contributed by atoms with E-state index in [2.05, 4.69) is 32.8 Å². The lowest BCUT2D eigenvalue weighted by Gasteiger charge is -2.32. The first-order valence-corrected chi connectivity index (χ1v) is 6.63. The van der Waals surface area contributed by atoms with Gasteiger partial charge in [0, 0.05) is 17.6 Å². The maximum Gasteiger partial charge on any atom is 0.123 e. The van der Waals surface area contributed by atoms with Gasteiger partial charge in [-0.25, -0.2) is 0 Å². The van der Waals surface area contributed by atoms with Gasteiger partial charge in [-0.1, -0.05) is 18.2 Å². The Hall–Kier alpha value is -1.10. The second-order valence-corrected chi connectivity index (χ2v) is 5.42. The van der Waals surface area contributed by atoms with Gasteiger partial charge in [-0.3, -0.25) is 0 Å². The molecule has 0 amide bonds. The zero-order chi connectivity index (χ0) is 14.3. The Balaban J connectivity index is 2.28. The zero-order valence-electron chi connectivity index (χ0n) is 12.5. The van der Waals surface area contributed by atoms with E-state index < -0.39 is 0 Å². The molecule has 1 rings (SSSR count). The molecule has 1 aromatic rings. The lowest BCUT2D eigenvalue weighted by atomic mass is 10.1. The zero-order valence-corrected chi connectivity index (χ0v) is 12.5. The number of nitrogens with two attached hydrogens (primary N) is 1. The molecule has 0 unspecified atom stereocenters. The summed E-state index contributed by atoms with van der Waals surface area (Å²) in [5.74, 6) is 0.848. The second kappa shape index (κ2) is 7.48. The highest BCUT2D eigenvalue weighted by Crippen LogP contribution is 2.17. The van der Waals surface area contributed by atoms with Crippen LogP contribution in [-0.2, 0) is 11.3 Å². The minimum absolute atomic E-state index is 0.0369. The molecule has 0 radical (unpaired) electrons. The van der Waals surface area contributed by atoms with Crippen LogP contribution >= 0.6 is 0 Å². The van der Waals surface area contributed by atoms with E-state index in [1.807, 2.05) is 24.3 Å². The molecule has 0 aliphatic carbocycles. The maximum atomic E-state index is 5.68. The molecule has 0 saturated carbocycles. The molecule has 0 aliphatic rings. The molecule has 0 saturated heterocycles. The summed E-state index contributed by atoms with van der Waals surface area (Å²) in [6.07, 6.45) is 0. The fourth-order valence-electron chi connectivity index (χ4n) is 1.47. The first-order chi connectivity index (χ1) is 8.97. The fraction of sp³-hybridized carbons (Fsp3) is 0.600. The summed E-state index contributed by atoms with van der Waals surface area (Å²) in [6, 6.07) is 7.83. The average molecular weight is 266 g/mol. The highest BCUT2D eigenvalue weighted by molar-refractivity contribution is 5.32. The van der Waals surface area contributed by atoms with Crippen LogP contribution in [0, 0.1) is 0 Å². The topological polar surface area (TPSA) is 47.7 Å². The van der Waals surface area contributed by atoms with Crippen LogP contribution in [0.4, 0.5) is 0 Å². The summed E-state index contributed by atoms with van der Waals surface area (Å²) < 4.78 is 11.3.